The van der Waals surface area contributed by atoms with E-state index in [1.54, 1.807) is 12.1 Å². The molecule has 5 rings (SSSR count). The molecule has 12 nitrogen and oxygen atoms in total. The van der Waals surface area contributed by atoms with Gasteiger partial charge in [-0.05, 0) is 51.1 Å². The molecule has 204 valence electrons. The van der Waals surface area contributed by atoms with Gasteiger partial charge in [0, 0.05) is 24.9 Å². The summed E-state index contributed by atoms with van der Waals surface area (Å²) in [6, 6.07) is 1.53. The standard InChI is InChI=1S/C26H30N2O10/c1-12(36-13(2)29)23(32)27-15(24(33)34)11-19(31)37-17-6-7-26(35)18-10-14-4-5-16(30)21-20(14)25(26,22(17)38-21)8-9-28(18)3/h4-6,12,15,18,22,30,35H,7-11H2,1-3H3,(H,27,32)(H,33,34)/t12-,15-,18+,22?,25?,26+/m0/s1. The maximum Gasteiger partial charge on any atom is 0.326 e. The summed E-state index contributed by atoms with van der Waals surface area (Å²) in [5, 5.41) is 34.4. The molecule has 1 fully saturated rings. The molecule has 12 heteroatoms. The minimum atomic E-state index is -1.63. The van der Waals surface area contributed by atoms with Gasteiger partial charge < -0.3 is 39.7 Å². The van der Waals surface area contributed by atoms with E-state index in [1.807, 2.05) is 13.1 Å². The molecule has 1 amide bonds. The first kappa shape index (κ1) is 26.0. The summed E-state index contributed by atoms with van der Waals surface area (Å²) in [6.07, 6.45) is -0.0615. The van der Waals surface area contributed by atoms with E-state index in [1.165, 1.54) is 6.92 Å². The summed E-state index contributed by atoms with van der Waals surface area (Å²) in [6.45, 7) is 3.04. The number of ether oxygens (including phenoxy) is 3. The van der Waals surface area contributed by atoms with E-state index in [2.05, 4.69) is 10.2 Å². The van der Waals surface area contributed by atoms with Gasteiger partial charge in [-0.1, -0.05) is 6.07 Å². The number of carbonyl (C=O) groups is 4. The quantitative estimate of drug-likeness (QED) is 0.353. The number of likely N-dealkylation sites (tertiary alicyclic amines) is 1. The maximum absolute atomic E-state index is 12.9. The normalized spacial score (nSPS) is 30.2. The Morgan fingerprint density at radius 1 is 1.29 bits per heavy atom. The number of nitrogens with one attached hydrogen (secondary N) is 1. The van der Waals surface area contributed by atoms with E-state index >= 15 is 0 Å². The van der Waals surface area contributed by atoms with Crippen molar-refractivity contribution in [2.24, 2.45) is 0 Å². The van der Waals surface area contributed by atoms with E-state index in [0.29, 0.717) is 19.4 Å². The summed E-state index contributed by atoms with van der Waals surface area (Å²) < 4.78 is 16.6. The van der Waals surface area contributed by atoms with E-state index in [-0.39, 0.29) is 29.7 Å². The summed E-state index contributed by atoms with van der Waals surface area (Å²) in [5.74, 6) is -3.70. The fourth-order valence-electron chi connectivity index (χ4n) is 6.57. The molecule has 4 aliphatic rings. The van der Waals surface area contributed by atoms with E-state index in [9.17, 15) is 34.5 Å². The van der Waals surface area contributed by atoms with Crippen LogP contribution in [0.4, 0.5) is 0 Å². The van der Waals surface area contributed by atoms with E-state index in [0.717, 1.165) is 18.1 Å². The number of aromatic hydroxyl groups is 1. The van der Waals surface area contributed by atoms with Gasteiger partial charge >= 0.3 is 17.9 Å². The van der Waals surface area contributed by atoms with Crippen LogP contribution in [-0.4, -0.2) is 87.5 Å². The zero-order chi connectivity index (χ0) is 27.6. The number of benzene rings is 1. The summed E-state index contributed by atoms with van der Waals surface area (Å²) in [5.41, 5.74) is -0.525. The Kier molecular flexibility index (Phi) is 6.14. The molecule has 2 heterocycles. The molecule has 2 unspecified atom stereocenters. The molecule has 0 saturated carbocycles. The molecule has 4 N–H and O–H groups in total. The molecule has 0 aromatic heterocycles. The van der Waals surface area contributed by atoms with Gasteiger partial charge in [0.15, 0.2) is 23.7 Å². The molecule has 38 heavy (non-hydrogen) atoms. The third-order valence-electron chi connectivity index (χ3n) is 8.28. The van der Waals surface area contributed by atoms with Gasteiger partial charge in [-0.2, -0.15) is 0 Å². The van der Waals surface area contributed by atoms with Crippen molar-refractivity contribution in [2.45, 2.75) is 74.8 Å². The lowest BCUT2D eigenvalue weighted by atomic mass is 9.50. The Balaban J connectivity index is 1.40. The van der Waals surface area contributed by atoms with Gasteiger partial charge in [-0.15, -0.1) is 0 Å². The third-order valence-corrected chi connectivity index (χ3v) is 8.28. The zero-order valence-electron chi connectivity index (χ0n) is 21.2. The van der Waals surface area contributed by atoms with Crippen LogP contribution in [0.15, 0.2) is 24.0 Å². The van der Waals surface area contributed by atoms with Crippen LogP contribution in [-0.2, 0) is 40.5 Å². The number of hydrogen-bond donors (Lipinski definition) is 4. The molecule has 1 aromatic rings. The SMILES string of the molecule is CC(=O)O[C@@H](C)C(=O)N[C@@H](CC(=O)OC1=CC[C@@]2(O)[C@H]3Cc4ccc(O)c5c4C2(CCN3C)C1O5)C(=O)O. The molecule has 2 bridgehead atoms. The number of esters is 2. The Morgan fingerprint density at radius 3 is 2.71 bits per heavy atom. The number of likely N-dealkylation sites (N-methyl/N-ethyl adjacent to an activating group) is 1. The highest BCUT2D eigenvalue weighted by molar-refractivity contribution is 5.89. The number of aliphatic hydroxyl groups is 1. The van der Waals surface area contributed by atoms with Crippen molar-refractivity contribution in [1.29, 1.82) is 0 Å². The average Bonchev–Trinajstić information content (AvgIpc) is 3.20. The van der Waals surface area contributed by atoms with Crippen LogP contribution in [0, 0.1) is 0 Å². The number of nitrogens with zero attached hydrogens (tertiary/aromatic N) is 1. The molecule has 1 saturated heterocycles. The smallest absolute Gasteiger partial charge is 0.326 e. The highest BCUT2D eigenvalue weighted by atomic mass is 16.6. The Morgan fingerprint density at radius 2 is 2.03 bits per heavy atom. The Hall–Kier alpha value is -3.64. The van der Waals surface area contributed by atoms with Gasteiger partial charge in [0.1, 0.15) is 11.8 Å². The maximum atomic E-state index is 12.9. The number of aliphatic carboxylic acids is 1. The van der Waals surface area contributed by atoms with Crippen molar-refractivity contribution in [3.8, 4) is 11.5 Å². The largest absolute Gasteiger partial charge is 0.504 e. The van der Waals surface area contributed by atoms with Crippen LogP contribution in [0.3, 0.4) is 0 Å². The second-order valence-electron chi connectivity index (χ2n) is 10.4. The highest BCUT2D eigenvalue weighted by Gasteiger charge is 2.72. The molecule has 2 aliphatic carbocycles. The Labute approximate surface area is 218 Å². The fourth-order valence-corrected chi connectivity index (χ4v) is 6.57. The van der Waals surface area contributed by atoms with Crippen molar-refractivity contribution in [2.75, 3.05) is 13.6 Å². The summed E-state index contributed by atoms with van der Waals surface area (Å²) >= 11 is 0. The number of carboxylic acids is 1. The van der Waals surface area contributed by atoms with E-state index in [4.69, 9.17) is 14.2 Å². The van der Waals surface area contributed by atoms with Gasteiger partial charge in [0.2, 0.25) is 0 Å². The first-order chi connectivity index (χ1) is 17.9. The number of phenols is 1. The lowest BCUT2D eigenvalue weighted by Crippen LogP contribution is -2.74. The van der Waals surface area contributed by atoms with Crippen LogP contribution >= 0.6 is 0 Å². The summed E-state index contributed by atoms with van der Waals surface area (Å²) in [4.78, 5) is 50.1. The van der Waals surface area contributed by atoms with Crippen LogP contribution in [0.2, 0.25) is 0 Å². The number of carboxylic acid groups (broad SMARTS) is 1. The highest BCUT2D eigenvalue weighted by Crippen LogP contribution is 2.65. The second kappa shape index (κ2) is 8.98. The van der Waals surface area contributed by atoms with Crippen LogP contribution in [0.1, 0.15) is 44.2 Å². The van der Waals surface area contributed by atoms with Crippen LogP contribution in [0.5, 0.6) is 11.5 Å². The molecule has 2 aliphatic heterocycles. The number of amides is 1. The molecule has 1 spiro atoms. The first-order valence-electron chi connectivity index (χ1n) is 12.4. The number of phenolic OH excluding ortho intramolecular Hbond substituents is 1. The first-order valence-corrected chi connectivity index (χ1v) is 12.4. The molecule has 1 aromatic carbocycles. The lowest BCUT2D eigenvalue weighted by Gasteiger charge is -2.61. The van der Waals surface area contributed by atoms with Crippen molar-refractivity contribution in [1.82, 2.24) is 10.2 Å². The number of rotatable bonds is 7. The lowest BCUT2D eigenvalue weighted by molar-refractivity contribution is -0.170. The third kappa shape index (κ3) is 3.73. The van der Waals surface area contributed by atoms with Gasteiger partial charge in [-0.3, -0.25) is 14.4 Å². The Bertz CT molecular complexity index is 1260. The van der Waals surface area contributed by atoms with Crippen LogP contribution < -0.4 is 10.1 Å². The number of carbonyl (C=O) groups excluding carboxylic acids is 3. The predicted molar refractivity (Wildman–Crippen MR) is 128 cm³/mol. The minimum Gasteiger partial charge on any atom is -0.504 e. The zero-order valence-corrected chi connectivity index (χ0v) is 21.2. The van der Waals surface area contributed by atoms with Crippen molar-refractivity contribution in [3.63, 3.8) is 0 Å². The molecule has 6 atom stereocenters. The second-order valence-corrected chi connectivity index (χ2v) is 10.4. The van der Waals surface area contributed by atoms with Gasteiger partial charge in [0.25, 0.3) is 5.91 Å². The molecular weight excluding hydrogens is 500 g/mol. The monoisotopic (exact) mass is 530 g/mol. The predicted octanol–water partition coefficient (Wildman–Crippen LogP) is 0.124. The molecular formula is C26H30N2O10. The number of piperidine rings is 1. The average molecular weight is 531 g/mol. The van der Waals surface area contributed by atoms with Crippen molar-refractivity contribution < 1.29 is 48.7 Å². The van der Waals surface area contributed by atoms with Crippen molar-refractivity contribution >= 4 is 23.8 Å². The minimum absolute atomic E-state index is 0.0755. The summed E-state index contributed by atoms with van der Waals surface area (Å²) in [7, 11) is 1.95. The van der Waals surface area contributed by atoms with Gasteiger partial charge in [0.05, 0.1) is 17.4 Å². The molecule has 0 radical (unpaired) electrons. The van der Waals surface area contributed by atoms with Crippen molar-refractivity contribution in [3.05, 3.63) is 35.1 Å². The van der Waals surface area contributed by atoms with E-state index < -0.39 is 59.5 Å². The number of hydrogen-bond acceptors (Lipinski definition) is 10. The fraction of sp³-hybridized carbons (Fsp3) is 0.538. The van der Waals surface area contributed by atoms with Crippen LogP contribution in [0.25, 0.3) is 0 Å². The topological polar surface area (TPSA) is 172 Å². The van der Waals surface area contributed by atoms with Gasteiger partial charge in [-0.25, -0.2) is 4.79 Å².